The minimum atomic E-state index is 0.947. The Morgan fingerprint density at radius 3 is 3.40 bits per heavy atom. The molecule has 0 saturated carbocycles. The molecule has 3 nitrogen and oxygen atoms in total. The average Bonchev–Trinajstić information content (AvgIpc) is 2.33. The van der Waals surface area contributed by atoms with Gasteiger partial charge in [-0.3, -0.25) is 9.58 Å². The Hall–Kier alpha value is -0.830. The normalized spacial score (nSPS) is 18.9. The van der Waals surface area contributed by atoms with Crippen LogP contribution in [-0.2, 0) is 13.1 Å². The van der Waals surface area contributed by atoms with E-state index in [0.717, 1.165) is 19.6 Å². The van der Waals surface area contributed by atoms with Crippen molar-refractivity contribution in [3.8, 4) is 0 Å². The van der Waals surface area contributed by atoms with Crippen molar-refractivity contribution in [3.05, 3.63) is 18.0 Å². The summed E-state index contributed by atoms with van der Waals surface area (Å²) in [6.45, 7) is 2.11. The van der Waals surface area contributed by atoms with Crippen molar-refractivity contribution in [2.75, 3.05) is 13.6 Å². The molecule has 0 spiro atoms. The van der Waals surface area contributed by atoms with Gasteiger partial charge in [-0.05, 0) is 13.1 Å². The van der Waals surface area contributed by atoms with E-state index in [1.807, 2.05) is 10.9 Å². The fourth-order valence-corrected chi connectivity index (χ4v) is 1.30. The van der Waals surface area contributed by atoms with E-state index >= 15 is 0 Å². The zero-order valence-electron chi connectivity index (χ0n) is 6.12. The number of hydrogen-bond acceptors (Lipinski definition) is 2. The SMILES string of the molecule is CN1CCc2ccnn2C1. The molecule has 1 aliphatic heterocycles. The van der Waals surface area contributed by atoms with Crippen molar-refractivity contribution >= 4 is 0 Å². The lowest BCUT2D eigenvalue weighted by Gasteiger charge is -2.23. The predicted octanol–water partition coefficient (Wildman–Crippen LogP) is 0.328. The summed E-state index contributed by atoms with van der Waals surface area (Å²) in [5.41, 5.74) is 1.36. The number of nitrogens with zero attached hydrogens (tertiary/aromatic N) is 3. The molecule has 0 N–H and O–H groups in total. The zero-order chi connectivity index (χ0) is 6.97. The lowest BCUT2D eigenvalue weighted by Crippen LogP contribution is -2.31. The van der Waals surface area contributed by atoms with Crippen LogP contribution >= 0.6 is 0 Å². The van der Waals surface area contributed by atoms with Gasteiger partial charge in [0.25, 0.3) is 0 Å². The van der Waals surface area contributed by atoms with E-state index in [1.165, 1.54) is 5.69 Å². The van der Waals surface area contributed by atoms with Gasteiger partial charge in [0.2, 0.25) is 0 Å². The summed E-state index contributed by atoms with van der Waals surface area (Å²) in [5.74, 6) is 0. The number of aromatic nitrogens is 2. The second kappa shape index (κ2) is 2.09. The third kappa shape index (κ3) is 0.827. The summed E-state index contributed by atoms with van der Waals surface area (Å²) in [4.78, 5) is 2.26. The van der Waals surface area contributed by atoms with Crippen molar-refractivity contribution in [1.29, 1.82) is 0 Å². The van der Waals surface area contributed by atoms with Crippen molar-refractivity contribution in [1.82, 2.24) is 14.7 Å². The van der Waals surface area contributed by atoms with E-state index in [9.17, 15) is 0 Å². The van der Waals surface area contributed by atoms with E-state index in [0.29, 0.717) is 0 Å². The molecule has 0 aromatic carbocycles. The quantitative estimate of drug-likeness (QED) is 0.513. The van der Waals surface area contributed by atoms with Gasteiger partial charge in [0.1, 0.15) is 0 Å². The number of rotatable bonds is 0. The minimum absolute atomic E-state index is 0.947. The topological polar surface area (TPSA) is 21.1 Å². The molecule has 0 radical (unpaired) electrons. The van der Waals surface area contributed by atoms with Gasteiger partial charge in [0, 0.05) is 24.9 Å². The summed E-state index contributed by atoms with van der Waals surface area (Å²) in [7, 11) is 2.12. The molecule has 54 valence electrons. The van der Waals surface area contributed by atoms with Gasteiger partial charge in [-0.2, -0.15) is 5.10 Å². The lowest BCUT2D eigenvalue weighted by atomic mass is 10.3. The Balaban J connectivity index is 2.30. The summed E-state index contributed by atoms with van der Waals surface area (Å²) in [6, 6.07) is 2.09. The first-order chi connectivity index (χ1) is 4.86. The number of hydrogen-bond donors (Lipinski definition) is 0. The second-order valence-electron chi connectivity index (χ2n) is 2.79. The van der Waals surface area contributed by atoms with E-state index in [4.69, 9.17) is 0 Å². The highest BCUT2D eigenvalue weighted by molar-refractivity contribution is 5.02. The standard InChI is InChI=1S/C7H11N3/c1-9-5-3-7-2-4-8-10(7)6-9/h2,4H,3,5-6H2,1H3. The molecular formula is C7H11N3. The molecule has 1 aliphatic rings. The maximum Gasteiger partial charge on any atom is 0.0929 e. The number of likely N-dealkylation sites (N-methyl/N-ethyl adjacent to an activating group) is 1. The van der Waals surface area contributed by atoms with Crippen LogP contribution in [0.25, 0.3) is 0 Å². The van der Waals surface area contributed by atoms with Gasteiger partial charge < -0.3 is 0 Å². The Kier molecular flexibility index (Phi) is 1.24. The molecule has 0 atom stereocenters. The third-order valence-corrected chi connectivity index (χ3v) is 1.93. The third-order valence-electron chi connectivity index (χ3n) is 1.93. The van der Waals surface area contributed by atoms with Gasteiger partial charge in [-0.25, -0.2) is 0 Å². The molecule has 0 bridgehead atoms. The number of fused-ring (bicyclic) bond motifs is 1. The first kappa shape index (κ1) is 5.92. The highest BCUT2D eigenvalue weighted by Crippen LogP contribution is 2.07. The van der Waals surface area contributed by atoms with Gasteiger partial charge in [-0.15, -0.1) is 0 Å². The maximum absolute atomic E-state index is 4.18. The highest BCUT2D eigenvalue weighted by Gasteiger charge is 2.11. The van der Waals surface area contributed by atoms with Crippen LogP contribution in [0.5, 0.6) is 0 Å². The molecule has 1 aromatic heterocycles. The van der Waals surface area contributed by atoms with Crippen molar-refractivity contribution < 1.29 is 0 Å². The summed E-state index contributed by atoms with van der Waals surface area (Å²) < 4.78 is 2.05. The Bertz CT molecular complexity index is 229. The van der Waals surface area contributed by atoms with Gasteiger partial charge in [0.15, 0.2) is 0 Å². The Morgan fingerprint density at radius 2 is 2.50 bits per heavy atom. The largest absolute Gasteiger partial charge is 0.287 e. The van der Waals surface area contributed by atoms with Gasteiger partial charge in [0.05, 0.1) is 6.67 Å². The summed E-state index contributed by atoms with van der Waals surface area (Å²) in [6.07, 6.45) is 3.00. The van der Waals surface area contributed by atoms with Crippen molar-refractivity contribution in [2.24, 2.45) is 0 Å². The summed E-state index contributed by atoms with van der Waals surface area (Å²) in [5, 5.41) is 4.18. The molecule has 10 heavy (non-hydrogen) atoms. The van der Waals surface area contributed by atoms with E-state index in [-0.39, 0.29) is 0 Å². The van der Waals surface area contributed by atoms with E-state index < -0.39 is 0 Å². The van der Waals surface area contributed by atoms with Gasteiger partial charge in [-0.1, -0.05) is 0 Å². The zero-order valence-corrected chi connectivity index (χ0v) is 6.12. The molecule has 0 fully saturated rings. The molecule has 0 unspecified atom stereocenters. The van der Waals surface area contributed by atoms with Crippen LogP contribution in [0.15, 0.2) is 12.3 Å². The van der Waals surface area contributed by atoms with Crippen LogP contribution in [0.2, 0.25) is 0 Å². The predicted molar refractivity (Wildman–Crippen MR) is 38.6 cm³/mol. The first-order valence-corrected chi connectivity index (χ1v) is 3.55. The molecule has 0 aliphatic carbocycles. The highest BCUT2D eigenvalue weighted by atomic mass is 15.4. The molecule has 3 heteroatoms. The van der Waals surface area contributed by atoms with Crippen LogP contribution < -0.4 is 0 Å². The smallest absolute Gasteiger partial charge is 0.0929 e. The lowest BCUT2D eigenvalue weighted by molar-refractivity contribution is 0.224. The maximum atomic E-state index is 4.18. The van der Waals surface area contributed by atoms with Crippen LogP contribution in [0, 0.1) is 0 Å². The van der Waals surface area contributed by atoms with Crippen molar-refractivity contribution in [3.63, 3.8) is 0 Å². The van der Waals surface area contributed by atoms with Crippen LogP contribution in [0.3, 0.4) is 0 Å². The van der Waals surface area contributed by atoms with Crippen molar-refractivity contribution in [2.45, 2.75) is 13.1 Å². The van der Waals surface area contributed by atoms with E-state index in [1.54, 1.807) is 0 Å². The molecule has 1 aromatic rings. The average molecular weight is 137 g/mol. The Morgan fingerprint density at radius 1 is 1.60 bits per heavy atom. The summed E-state index contributed by atoms with van der Waals surface area (Å²) >= 11 is 0. The monoisotopic (exact) mass is 137 g/mol. The second-order valence-corrected chi connectivity index (χ2v) is 2.79. The molecule has 2 heterocycles. The first-order valence-electron chi connectivity index (χ1n) is 3.55. The van der Waals surface area contributed by atoms with Crippen LogP contribution in [0.4, 0.5) is 0 Å². The molecule has 2 rings (SSSR count). The minimum Gasteiger partial charge on any atom is -0.287 e. The molecular weight excluding hydrogens is 126 g/mol. The van der Waals surface area contributed by atoms with Crippen LogP contribution in [0.1, 0.15) is 5.69 Å². The molecule has 0 amide bonds. The van der Waals surface area contributed by atoms with E-state index in [2.05, 4.69) is 23.1 Å². The van der Waals surface area contributed by atoms with Gasteiger partial charge >= 0.3 is 0 Å². The fourth-order valence-electron chi connectivity index (χ4n) is 1.30. The fraction of sp³-hybridized carbons (Fsp3) is 0.571. The molecule has 0 saturated heterocycles. The van der Waals surface area contributed by atoms with Crippen LogP contribution in [-0.4, -0.2) is 28.3 Å². The Labute approximate surface area is 60.3 Å².